The second-order valence-electron chi connectivity index (χ2n) is 4.78. The number of methoxy groups -OCH3 is 1. The van der Waals surface area contributed by atoms with Crippen LogP contribution in [0.4, 0.5) is 0 Å². The van der Waals surface area contributed by atoms with Crippen LogP contribution >= 0.6 is 0 Å². The third-order valence-electron chi connectivity index (χ3n) is 3.52. The molecule has 0 fully saturated rings. The van der Waals surface area contributed by atoms with Crippen LogP contribution in [0.25, 0.3) is 0 Å². The van der Waals surface area contributed by atoms with Crippen LogP contribution in [0, 0.1) is 0 Å². The van der Waals surface area contributed by atoms with Gasteiger partial charge in [-0.15, -0.1) is 0 Å². The average molecular weight is 286 g/mol. The summed E-state index contributed by atoms with van der Waals surface area (Å²) in [6.07, 6.45) is -1.45. The number of carbonyl (C=O) groups excluding carboxylic acids is 1. The Morgan fingerprint density at radius 3 is 2.57 bits per heavy atom. The minimum atomic E-state index is -2.21. The van der Waals surface area contributed by atoms with Crippen LogP contribution in [0.15, 0.2) is 48.5 Å². The van der Waals surface area contributed by atoms with Crippen molar-refractivity contribution in [1.82, 2.24) is 0 Å². The lowest BCUT2D eigenvalue weighted by Gasteiger charge is -2.35. The Labute approximate surface area is 121 Å². The maximum Gasteiger partial charge on any atom is 0.298 e. The monoisotopic (exact) mass is 286 g/mol. The fourth-order valence-electron chi connectivity index (χ4n) is 2.36. The molecule has 21 heavy (non-hydrogen) atoms. The molecule has 1 aliphatic rings. The van der Waals surface area contributed by atoms with Crippen LogP contribution in [0.1, 0.15) is 17.2 Å². The second kappa shape index (κ2) is 4.87. The highest BCUT2D eigenvalue weighted by Gasteiger charge is 2.49. The van der Waals surface area contributed by atoms with Gasteiger partial charge in [0, 0.05) is 17.2 Å². The molecule has 0 aliphatic carbocycles. The molecule has 0 saturated carbocycles. The lowest BCUT2D eigenvalue weighted by Crippen LogP contribution is -2.47. The third-order valence-corrected chi connectivity index (χ3v) is 3.52. The van der Waals surface area contributed by atoms with Crippen molar-refractivity contribution in [3.63, 3.8) is 0 Å². The van der Waals surface area contributed by atoms with Crippen molar-refractivity contribution in [3.05, 3.63) is 59.7 Å². The van der Waals surface area contributed by atoms with Crippen molar-refractivity contribution in [2.24, 2.45) is 0 Å². The van der Waals surface area contributed by atoms with Crippen molar-refractivity contribution in [2.75, 3.05) is 7.11 Å². The summed E-state index contributed by atoms with van der Waals surface area (Å²) in [5.41, 5.74) is 0.573. The van der Waals surface area contributed by atoms with Crippen LogP contribution in [0.2, 0.25) is 0 Å². The first-order valence-electron chi connectivity index (χ1n) is 6.43. The van der Waals surface area contributed by atoms with Gasteiger partial charge in [0.25, 0.3) is 5.79 Å². The zero-order valence-electron chi connectivity index (χ0n) is 11.3. The van der Waals surface area contributed by atoms with E-state index in [1.54, 1.807) is 42.5 Å². The largest absolute Gasteiger partial charge is 0.497 e. The maximum absolute atomic E-state index is 12.3. The van der Waals surface area contributed by atoms with Gasteiger partial charge >= 0.3 is 0 Å². The molecule has 0 spiro atoms. The van der Waals surface area contributed by atoms with Gasteiger partial charge in [-0.25, -0.2) is 0 Å². The van der Waals surface area contributed by atoms with E-state index < -0.39 is 17.7 Å². The molecular weight excluding hydrogens is 272 g/mol. The van der Waals surface area contributed by atoms with Gasteiger partial charge in [-0.05, 0) is 12.1 Å². The van der Waals surface area contributed by atoms with Gasteiger partial charge in [0.1, 0.15) is 17.6 Å². The van der Waals surface area contributed by atoms with Gasteiger partial charge in [0.2, 0.25) is 5.78 Å². The van der Waals surface area contributed by atoms with E-state index in [0.717, 1.165) is 0 Å². The van der Waals surface area contributed by atoms with Crippen molar-refractivity contribution in [3.8, 4) is 11.5 Å². The highest BCUT2D eigenvalue weighted by Crippen LogP contribution is 2.42. The van der Waals surface area contributed by atoms with Gasteiger partial charge in [-0.2, -0.15) is 0 Å². The summed E-state index contributed by atoms with van der Waals surface area (Å²) < 4.78 is 10.6. The maximum atomic E-state index is 12.3. The molecule has 0 amide bonds. The lowest BCUT2D eigenvalue weighted by atomic mass is 9.90. The minimum absolute atomic E-state index is 0.216. The summed E-state index contributed by atoms with van der Waals surface area (Å²) in [6.45, 7) is 0. The first-order chi connectivity index (χ1) is 10.1. The first kappa shape index (κ1) is 13.6. The summed E-state index contributed by atoms with van der Waals surface area (Å²) in [6, 6.07) is 12.9. The number of aliphatic hydroxyl groups excluding tert-OH is 1. The topological polar surface area (TPSA) is 76.0 Å². The molecule has 2 N–H and O–H groups in total. The van der Waals surface area contributed by atoms with Gasteiger partial charge in [-0.1, -0.05) is 30.3 Å². The molecule has 2 aromatic rings. The molecule has 3 rings (SSSR count). The van der Waals surface area contributed by atoms with Gasteiger partial charge in [0.15, 0.2) is 0 Å². The quantitative estimate of drug-likeness (QED) is 0.875. The van der Waals surface area contributed by atoms with Gasteiger partial charge < -0.3 is 19.7 Å². The Balaban J connectivity index is 2.12. The fourth-order valence-corrected chi connectivity index (χ4v) is 2.36. The van der Waals surface area contributed by atoms with E-state index in [1.807, 2.05) is 0 Å². The molecule has 0 aromatic heterocycles. The van der Waals surface area contributed by atoms with Crippen LogP contribution < -0.4 is 9.47 Å². The number of ether oxygens (including phenoxy) is 2. The van der Waals surface area contributed by atoms with Crippen LogP contribution in [0.3, 0.4) is 0 Å². The highest BCUT2D eigenvalue weighted by atomic mass is 16.6. The Bertz CT molecular complexity index is 682. The summed E-state index contributed by atoms with van der Waals surface area (Å²) in [7, 11) is 1.50. The molecule has 2 aromatic carbocycles. The molecule has 0 radical (unpaired) electrons. The third kappa shape index (κ3) is 2.07. The smallest absolute Gasteiger partial charge is 0.298 e. The molecule has 2 atom stereocenters. The zero-order valence-corrected chi connectivity index (χ0v) is 11.3. The number of aliphatic hydroxyl groups is 2. The van der Waals surface area contributed by atoms with Crippen molar-refractivity contribution < 1.29 is 24.5 Å². The van der Waals surface area contributed by atoms with Gasteiger partial charge in [0.05, 0.1) is 7.11 Å². The van der Waals surface area contributed by atoms with E-state index >= 15 is 0 Å². The van der Waals surface area contributed by atoms with Crippen LogP contribution in [0.5, 0.6) is 11.5 Å². The standard InChI is InChI=1S/C16H14O5/c1-20-11-7-8-12-13(9-11)21-16(19,15(18)14(12)17)10-5-3-2-4-6-10/h2-9,14,17,19H,1H3. The number of hydrogen-bond donors (Lipinski definition) is 2. The molecule has 0 saturated heterocycles. The Kier molecular flexibility index (Phi) is 3.16. The molecule has 2 unspecified atom stereocenters. The summed E-state index contributed by atoms with van der Waals surface area (Å²) in [4.78, 5) is 12.3. The number of rotatable bonds is 2. The van der Waals surface area contributed by atoms with E-state index in [4.69, 9.17) is 9.47 Å². The van der Waals surface area contributed by atoms with E-state index in [2.05, 4.69) is 0 Å². The van der Waals surface area contributed by atoms with Crippen molar-refractivity contribution >= 4 is 5.78 Å². The van der Waals surface area contributed by atoms with Crippen LogP contribution in [-0.4, -0.2) is 23.1 Å². The van der Waals surface area contributed by atoms with E-state index in [0.29, 0.717) is 11.3 Å². The highest BCUT2D eigenvalue weighted by molar-refractivity contribution is 5.93. The molecular formula is C16H14O5. The van der Waals surface area contributed by atoms with E-state index in [-0.39, 0.29) is 11.3 Å². The normalized spacial score (nSPS) is 24.1. The van der Waals surface area contributed by atoms with Crippen LogP contribution in [-0.2, 0) is 10.6 Å². The number of benzene rings is 2. The number of ketones is 1. The predicted molar refractivity (Wildman–Crippen MR) is 73.9 cm³/mol. The molecule has 1 heterocycles. The van der Waals surface area contributed by atoms with Crippen molar-refractivity contribution in [2.45, 2.75) is 11.9 Å². The van der Waals surface area contributed by atoms with Crippen molar-refractivity contribution in [1.29, 1.82) is 0 Å². The fraction of sp³-hybridized carbons (Fsp3) is 0.188. The van der Waals surface area contributed by atoms with E-state index in [1.165, 1.54) is 13.2 Å². The molecule has 1 aliphatic heterocycles. The van der Waals surface area contributed by atoms with E-state index in [9.17, 15) is 15.0 Å². The average Bonchev–Trinajstić information content (AvgIpc) is 2.53. The molecule has 5 heteroatoms. The minimum Gasteiger partial charge on any atom is -0.497 e. The Morgan fingerprint density at radius 1 is 1.19 bits per heavy atom. The predicted octanol–water partition coefficient (Wildman–Crippen LogP) is 1.54. The zero-order chi connectivity index (χ0) is 15.0. The Hall–Kier alpha value is -2.37. The summed E-state index contributed by atoms with van der Waals surface area (Å²) in [5, 5.41) is 20.8. The second-order valence-corrected chi connectivity index (χ2v) is 4.78. The molecule has 0 bridgehead atoms. The SMILES string of the molecule is COc1ccc2c(c1)OC(O)(c1ccccc1)C(=O)C2O. The molecule has 5 nitrogen and oxygen atoms in total. The van der Waals surface area contributed by atoms with Gasteiger partial charge in [-0.3, -0.25) is 4.79 Å². The number of fused-ring (bicyclic) bond motifs is 1. The summed E-state index contributed by atoms with van der Waals surface area (Å²) >= 11 is 0. The molecule has 108 valence electrons. The number of hydrogen-bond acceptors (Lipinski definition) is 5. The first-order valence-corrected chi connectivity index (χ1v) is 6.43. The number of carbonyl (C=O) groups is 1. The lowest BCUT2D eigenvalue weighted by molar-refractivity contribution is -0.191. The number of Topliss-reactive ketones (excluding diaryl/α,β-unsaturated/α-hetero) is 1. The summed E-state index contributed by atoms with van der Waals surface area (Å²) in [5.74, 6) is -2.30. The Morgan fingerprint density at radius 2 is 1.90 bits per heavy atom.